The van der Waals surface area contributed by atoms with E-state index in [-0.39, 0.29) is 11.7 Å². The molecule has 0 saturated carbocycles. The molecule has 136 valence electrons. The van der Waals surface area contributed by atoms with Crippen molar-refractivity contribution < 1.29 is 9.13 Å². The molecule has 0 N–H and O–H groups in total. The highest BCUT2D eigenvalue weighted by Gasteiger charge is 2.25. The molecule has 0 amide bonds. The molecule has 4 rings (SSSR count). The van der Waals surface area contributed by atoms with Gasteiger partial charge in [-0.15, -0.1) is 0 Å². The standard InChI is InChI=1S/C19H22FN5O/c1-14(13-24-10-2-9-21-24)19-22-18(15-7-11-26-12-8-15)23-25(19)17-5-3-16(20)4-6-17/h2-6,9-10,14-15H,7-8,11-13H2,1H3/t14-/m1/s1. The van der Waals surface area contributed by atoms with E-state index in [0.29, 0.717) is 12.5 Å². The van der Waals surface area contributed by atoms with E-state index in [0.717, 1.165) is 43.4 Å². The van der Waals surface area contributed by atoms with Crippen molar-refractivity contribution >= 4 is 0 Å². The van der Waals surface area contributed by atoms with E-state index in [1.165, 1.54) is 12.1 Å². The minimum atomic E-state index is -0.260. The van der Waals surface area contributed by atoms with Crippen LogP contribution in [-0.2, 0) is 11.3 Å². The molecule has 1 saturated heterocycles. The first kappa shape index (κ1) is 16.9. The molecule has 0 bridgehead atoms. The Bertz CT molecular complexity index is 837. The first-order valence-electron chi connectivity index (χ1n) is 8.98. The molecule has 26 heavy (non-hydrogen) atoms. The summed E-state index contributed by atoms with van der Waals surface area (Å²) in [6.45, 7) is 4.31. The van der Waals surface area contributed by atoms with E-state index in [9.17, 15) is 4.39 Å². The topological polar surface area (TPSA) is 57.8 Å². The third kappa shape index (κ3) is 3.53. The predicted molar refractivity (Wildman–Crippen MR) is 94.8 cm³/mol. The van der Waals surface area contributed by atoms with Gasteiger partial charge < -0.3 is 4.74 Å². The molecule has 3 heterocycles. The minimum absolute atomic E-state index is 0.112. The predicted octanol–water partition coefficient (Wildman–Crippen LogP) is 3.30. The highest BCUT2D eigenvalue weighted by molar-refractivity contribution is 5.32. The minimum Gasteiger partial charge on any atom is -0.381 e. The van der Waals surface area contributed by atoms with Crippen LogP contribution >= 0.6 is 0 Å². The molecular weight excluding hydrogens is 333 g/mol. The summed E-state index contributed by atoms with van der Waals surface area (Å²) in [5.74, 6) is 1.88. The maximum absolute atomic E-state index is 13.3. The Morgan fingerprint density at radius 1 is 1.23 bits per heavy atom. The highest BCUT2D eigenvalue weighted by Crippen LogP contribution is 2.28. The fraction of sp³-hybridized carbons (Fsp3) is 0.421. The SMILES string of the molecule is C[C@H](Cn1cccn1)c1nc(C2CCOCC2)nn1-c1ccc(F)cc1. The van der Waals surface area contributed by atoms with E-state index in [1.54, 1.807) is 18.3 Å². The molecule has 1 aliphatic heterocycles. The zero-order chi connectivity index (χ0) is 17.9. The van der Waals surface area contributed by atoms with Crippen LogP contribution < -0.4 is 0 Å². The van der Waals surface area contributed by atoms with Crippen LogP contribution in [0.1, 0.15) is 43.3 Å². The van der Waals surface area contributed by atoms with Crippen LogP contribution in [0.3, 0.4) is 0 Å². The maximum Gasteiger partial charge on any atom is 0.154 e. The van der Waals surface area contributed by atoms with Crippen molar-refractivity contribution in [3.05, 3.63) is 60.2 Å². The second-order valence-corrected chi connectivity index (χ2v) is 6.73. The Kier molecular flexibility index (Phi) is 4.79. The van der Waals surface area contributed by atoms with Crippen molar-refractivity contribution in [1.82, 2.24) is 24.5 Å². The van der Waals surface area contributed by atoms with Crippen molar-refractivity contribution in [3.8, 4) is 5.69 Å². The number of rotatable bonds is 5. The number of ether oxygens (including phenoxy) is 1. The van der Waals surface area contributed by atoms with Crippen LogP contribution in [0.5, 0.6) is 0 Å². The maximum atomic E-state index is 13.3. The van der Waals surface area contributed by atoms with Crippen LogP contribution in [0.15, 0.2) is 42.7 Å². The van der Waals surface area contributed by atoms with Crippen LogP contribution in [0.4, 0.5) is 4.39 Å². The Morgan fingerprint density at radius 2 is 2.00 bits per heavy atom. The lowest BCUT2D eigenvalue weighted by atomic mass is 10.00. The van der Waals surface area contributed by atoms with Crippen LogP contribution in [0, 0.1) is 5.82 Å². The normalized spacial score (nSPS) is 16.7. The summed E-state index contributed by atoms with van der Waals surface area (Å²) in [5, 5.41) is 9.07. The number of halogens is 1. The van der Waals surface area contributed by atoms with Crippen molar-refractivity contribution in [1.29, 1.82) is 0 Å². The fourth-order valence-electron chi connectivity index (χ4n) is 3.33. The molecule has 2 aromatic heterocycles. The largest absolute Gasteiger partial charge is 0.381 e. The third-order valence-corrected chi connectivity index (χ3v) is 4.77. The summed E-state index contributed by atoms with van der Waals surface area (Å²) in [4.78, 5) is 4.87. The molecule has 3 aromatic rings. The monoisotopic (exact) mass is 355 g/mol. The van der Waals surface area contributed by atoms with E-state index in [2.05, 4.69) is 12.0 Å². The number of hydrogen-bond donors (Lipinski definition) is 0. The molecule has 0 aliphatic carbocycles. The lowest BCUT2D eigenvalue weighted by Crippen LogP contribution is -2.15. The van der Waals surface area contributed by atoms with Crippen LogP contribution in [0.25, 0.3) is 5.69 Å². The van der Waals surface area contributed by atoms with Gasteiger partial charge in [-0.3, -0.25) is 4.68 Å². The van der Waals surface area contributed by atoms with Gasteiger partial charge in [0.15, 0.2) is 5.82 Å². The van der Waals surface area contributed by atoms with Crippen LogP contribution in [0.2, 0.25) is 0 Å². The average molecular weight is 355 g/mol. The third-order valence-electron chi connectivity index (χ3n) is 4.77. The van der Waals surface area contributed by atoms with Gasteiger partial charge in [-0.05, 0) is 43.2 Å². The van der Waals surface area contributed by atoms with Crippen LogP contribution in [-0.4, -0.2) is 37.8 Å². The molecule has 7 heteroatoms. The van der Waals surface area contributed by atoms with Gasteiger partial charge in [-0.2, -0.15) is 10.2 Å². The number of hydrogen-bond acceptors (Lipinski definition) is 4. The molecule has 1 atom stereocenters. The zero-order valence-corrected chi connectivity index (χ0v) is 14.8. The molecule has 1 fully saturated rings. The van der Waals surface area contributed by atoms with Crippen molar-refractivity contribution in [2.45, 2.75) is 38.1 Å². The van der Waals surface area contributed by atoms with E-state index in [4.69, 9.17) is 14.8 Å². The van der Waals surface area contributed by atoms with Crippen molar-refractivity contribution in [3.63, 3.8) is 0 Å². The summed E-state index contributed by atoms with van der Waals surface area (Å²) in [7, 11) is 0. The second-order valence-electron chi connectivity index (χ2n) is 6.73. The van der Waals surface area contributed by atoms with Crippen molar-refractivity contribution in [2.75, 3.05) is 13.2 Å². The van der Waals surface area contributed by atoms with E-state index >= 15 is 0 Å². The summed E-state index contributed by atoms with van der Waals surface area (Å²) < 4.78 is 22.5. The highest BCUT2D eigenvalue weighted by atomic mass is 19.1. The Labute approximate surface area is 151 Å². The summed E-state index contributed by atoms with van der Waals surface area (Å²) in [6.07, 6.45) is 5.57. The number of benzene rings is 1. The van der Waals surface area contributed by atoms with Gasteiger partial charge in [0.05, 0.1) is 12.2 Å². The van der Waals surface area contributed by atoms with E-state index in [1.807, 2.05) is 21.6 Å². The number of nitrogens with zero attached hydrogens (tertiary/aromatic N) is 5. The van der Waals surface area contributed by atoms with E-state index < -0.39 is 0 Å². The van der Waals surface area contributed by atoms with Gasteiger partial charge >= 0.3 is 0 Å². The second kappa shape index (κ2) is 7.37. The van der Waals surface area contributed by atoms with Gasteiger partial charge in [0.2, 0.25) is 0 Å². The fourth-order valence-corrected chi connectivity index (χ4v) is 3.33. The number of aromatic nitrogens is 5. The van der Waals surface area contributed by atoms with Gasteiger partial charge in [0.1, 0.15) is 11.6 Å². The Hall–Kier alpha value is -2.54. The molecule has 0 unspecified atom stereocenters. The lowest BCUT2D eigenvalue weighted by Gasteiger charge is -2.18. The van der Waals surface area contributed by atoms with Gasteiger partial charge in [-0.25, -0.2) is 14.1 Å². The molecule has 6 nitrogen and oxygen atoms in total. The molecule has 1 aromatic carbocycles. The summed E-state index contributed by atoms with van der Waals surface area (Å²) in [5.41, 5.74) is 0.819. The smallest absolute Gasteiger partial charge is 0.154 e. The Morgan fingerprint density at radius 3 is 2.69 bits per heavy atom. The molecule has 0 spiro atoms. The molecular formula is C19H22FN5O. The summed E-state index contributed by atoms with van der Waals surface area (Å²) >= 11 is 0. The van der Waals surface area contributed by atoms with Gasteiger partial charge in [0, 0.05) is 37.4 Å². The Balaban J connectivity index is 1.69. The summed E-state index contributed by atoms with van der Waals surface area (Å²) in [6, 6.07) is 8.29. The quantitative estimate of drug-likeness (QED) is 0.705. The van der Waals surface area contributed by atoms with Gasteiger partial charge in [0.25, 0.3) is 0 Å². The van der Waals surface area contributed by atoms with Gasteiger partial charge in [-0.1, -0.05) is 6.92 Å². The molecule has 1 aliphatic rings. The average Bonchev–Trinajstić information content (AvgIpc) is 3.33. The van der Waals surface area contributed by atoms with Crippen molar-refractivity contribution in [2.24, 2.45) is 0 Å². The zero-order valence-electron chi connectivity index (χ0n) is 14.8. The first-order chi connectivity index (χ1) is 12.7. The lowest BCUT2D eigenvalue weighted by molar-refractivity contribution is 0.0836. The molecule has 0 radical (unpaired) electrons. The first-order valence-corrected chi connectivity index (χ1v) is 8.98.